The van der Waals surface area contributed by atoms with E-state index in [9.17, 15) is 4.79 Å². The van der Waals surface area contributed by atoms with Gasteiger partial charge in [-0.25, -0.2) is 0 Å². The van der Waals surface area contributed by atoms with E-state index in [0.717, 1.165) is 38.7 Å². The molecule has 4 nitrogen and oxygen atoms in total. The van der Waals surface area contributed by atoms with Crippen LogP contribution in [-0.2, 0) is 9.53 Å². The van der Waals surface area contributed by atoms with Crippen molar-refractivity contribution in [2.45, 2.75) is 70.4 Å². The minimum Gasteiger partial charge on any atom is -0.378 e. The van der Waals surface area contributed by atoms with Crippen molar-refractivity contribution >= 4 is 5.91 Å². The zero-order valence-corrected chi connectivity index (χ0v) is 11.8. The van der Waals surface area contributed by atoms with Crippen molar-refractivity contribution in [1.29, 1.82) is 0 Å². The fraction of sp³-hybridized carbons (Fsp3) is 0.929. The molecule has 0 aromatic carbocycles. The van der Waals surface area contributed by atoms with Crippen molar-refractivity contribution in [3.63, 3.8) is 0 Å². The highest BCUT2D eigenvalue weighted by Gasteiger charge is 2.26. The monoisotopic (exact) mass is 256 g/mol. The molecule has 0 aliphatic carbocycles. The Kier molecular flexibility index (Phi) is 6.65. The van der Waals surface area contributed by atoms with Crippen LogP contribution in [0.5, 0.6) is 0 Å². The highest BCUT2D eigenvalue weighted by atomic mass is 16.5. The standard InChI is InChI=1S/C14H28N2O2/c1-3-14(4-2,11-15)16-13(17)9-8-12-7-5-6-10-18-12/h12H,3-11,15H2,1-2H3,(H,16,17). The molecule has 0 saturated carbocycles. The molecule has 3 N–H and O–H groups in total. The van der Waals surface area contributed by atoms with Gasteiger partial charge < -0.3 is 15.8 Å². The normalized spacial score (nSPS) is 20.7. The van der Waals surface area contributed by atoms with Crippen LogP contribution in [0.3, 0.4) is 0 Å². The van der Waals surface area contributed by atoms with Gasteiger partial charge in [-0.05, 0) is 38.5 Å². The average molecular weight is 256 g/mol. The first-order valence-electron chi connectivity index (χ1n) is 7.28. The maximum absolute atomic E-state index is 12.0. The highest BCUT2D eigenvalue weighted by Crippen LogP contribution is 2.18. The number of amides is 1. The van der Waals surface area contributed by atoms with Gasteiger partial charge in [0, 0.05) is 19.6 Å². The maximum Gasteiger partial charge on any atom is 0.220 e. The first-order valence-corrected chi connectivity index (χ1v) is 7.28. The number of nitrogens with two attached hydrogens (primary N) is 1. The Hall–Kier alpha value is -0.610. The minimum absolute atomic E-state index is 0.110. The Morgan fingerprint density at radius 1 is 1.39 bits per heavy atom. The Morgan fingerprint density at radius 2 is 2.11 bits per heavy atom. The van der Waals surface area contributed by atoms with E-state index in [0.29, 0.717) is 13.0 Å². The highest BCUT2D eigenvalue weighted by molar-refractivity contribution is 5.76. The van der Waals surface area contributed by atoms with Crippen molar-refractivity contribution in [3.8, 4) is 0 Å². The van der Waals surface area contributed by atoms with E-state index in [1.807, 2.05) is 0 Å². The molecule has 106 valence electrons. The number of carbonyl (C=O) groups excluding carboxylic acids is 1. The van der Waals surface area contributed by atoms with E-state index in [4.69, 9.17) is 10.5 Å². The summed E-state index contributed by atoms with van der Waals surface area (Å²) in [6, 6.07) is 0. The Bertz CT molecular complexity index is 238. The van der Waals surface area contributed by atoms with Crippen LogP contribution < -0.4 is 11.1 Å². The van der Waals surface area contributed by atoms with Crippen LogP contribution in [0.2, 0.25) is 0 Å². The summed E-state index contributed by atoms with van der Waals surface area (Å²) in [4.78, 5) is 12.0. The summed E-state index contributed by atoms with van der Waals surface area (Å²) in [5.41, 5.74) is 5.56. The molecule has 0 radical (unpaired) electrons. The smallest absolute Gasteiger partial charge is 0.220 e. The molecule has 0 bridgehead atoms. The zero-order chi connectivity index (χ0) is 13.4. The zero-order valence-electron chi connectivity index (χ0n) is 11.8. The lowest BCUT2D eigenvalue weighted by atomic mass is 9.92. The largest absolute Gasteiger partial charge is 0.378 e. The average Bonchev–Trinajstić information content (AvgIpc) is 2.44. The van der Waals surface area contributed by atoms with Gasteiger partial charge in [0.1, 0.15) is 0 Å². The van der Waals surface area contributed by atoms with E-state index in [1.165, 1.54) is 6.42 Å². The predicted octanol–water partition coefficient (Wildman–Crippen LogP) is 1.97. The molecule has 1 unspecified atom stereocenters. The molecular weight excluding hydrogens is 228 g/mol. The SMILES string of the molecule is CCC(CC)(CN)NC(=O)CCC1CCCCO1. The minimum atomic E-state index is -0.218. The van der Waals surface area contributed by atoms with Crippen molar-refractivity contribution in [1.82, 2.24) is 5.32 Å². The van der Waals surface area contributed by atoms with Crippen LogP contribution in [0.4, 0.5) is 0 Å². The third-order valence-electron chi connectivity index (χ3n) is 4.12. The van der Waals surface area contributed by atoms with Gasteiger partial charge in [-0.15, -0.1) is 0 Å². The molecule has 4 heteroatoms. The van der Waals surface area contributed by atoms with Crippen LogP contribution in [0.25, 0.3) is 0 Å². The first-order chi connectivity index (χ1) is 8.65. The van der Waals surface area contributed by atoms with Gasteiger partial charge >= 0.3 is 0 Å². The topological polar surface area (TPSA) is 64.3 Å². The number of carbonyl (C=O) groups is 1. The molecule has 0 aromatic rings. The van der Waals surface area contributed by atoms with Crippen LogP contribution in [0.1, 0.15) is 58.8 Å². The summed E-state index contributed by atoms with van der Waals surface area (Å²) >= 11 is 0. The molecular formula is C14H28N2O2. The molecule has 0 spiro atoms. The van der Waals surface area contributed by atoms with E-state index < -0.39 is 0 Å². The van der Waals surface area contributed by atoms with Crippen LogP contribution >= 0.6 is 0 Å². The molecule has 1 heterocycles. The molecule has 1 saturated heterocycles. The Morgan fingerprint density at radius 3 is 2.61 bits per heavy atom. The summed E-state index contributed by atoms with van der Waals surface area (Å²) < 4.78 is 5.63. The first kappa shape index (κ1) is 15.4. The predicted molar refractivity (Wildman–Crippen MR) is 73.3 cm³/mol. The van der Waals surface area contributed by atoms with Crippen molar-refractivity contribution in [2.75, 3.05) is 13.2 Å². The molecule has 0 aromatic heterocycles. The summed E-state index contributed by atoms with van der Waals surface area (Å²) in [6.45, 7) is 5.50. The van der Waals surface area contributed by atoms with Crippen LogP contribution in [0, 0.1) is 0 Å². The number of ether oxygens (including phenoxy) is 1. The molecule has 1 amide bonds. The lowest BCUT2D eigenvalue weighted by molar-refractivity contribution is -0.124. The van der Waals surface area contributed by atoms with Gasteiger partial charge in [0.05, 0.1) is 11.6 Å². The van der Waals surface area contributed by atoms with Gasteiger partial charge in [-0.3, -0.25) is 4.79 Å². The fourth-order valence-corrected chi connectivity index (χ4v) is 2.45. The summed E-state index contributed by atoms with van der Waals surface area (Å²) in [6.07, 6.45) is 6.90. The summed E-state index contributed by atoms with van der Waals surface area (Å²) in [5, 5.41) is 3.10. The fourth-order valence-electron chi connectivity index (χ4n) is 2.45. The molecule has 18 heavy (non-hydrogen) atoms. The van der Waals surface area contributed by atoms with E-state index >= 15 is 0 Å². The number of rotatable bonds is 7. The Balaban J connectivity index is 2.31. The summed E-state index contributed by atoms with van der Waals surface area (Å²) in [7, 11) is 0. The van der Waals surface area contributed by atoms with Crippen molar-refractivity contribution < 1.29 is 9.53 Å². The third kappa shape index (κ3) is 4.58. The number of hydrogen-bond acceptors (Lipinski definition) is 3. The van der Waals surface area contributed by atoms with Crippen molar-refractivity contribution in [3.05, 3.63) is 0 Å². The van der Waals surface area contributed by atoms with Crippen LogP contribution in [0.15, 0.2) is 0 Å². The van der Waals surface area contributed by atoms with Crippen LogP contribution in [-0.4, -0.2) is 30.7 Å². The second kappa shape index (κ2) is 7.74. The van der Waals surface area contributed by atoms with Gasteiger partial charge in [0.2, 0.25) is 5.91 Å². The quantitative estimate of drug-likeness (QED) is 0.732. The molecule has 1 aliphatic heterocycles. The summed E-state index contributed by atoms with van der Waals surface area (Å²) in [5.74, 6) is 0.110. The molecule has 1 aliphatic rings. The van der Waals surface area contributed by atoms with Gasteiger partial charge in [-0.2, -0.15) is 0 Å². The molecule has 1 rings (SSSR count). The van der Waals surface area contributed by atoms with E-state index in [1.54, 1.807) is 0 Å². The number of nitrogens with one attached hydrogen (secondary N) is 1. The van der Waals surface area contributed by atoms with E-state index in [-0.39, 0.29) is 17.6 Å². The maximum atomic E-state index is 12.0. The molecule has 1 atom stereocenters. The van der Waals surface area contributed by atoms with Gasteiger partial charge in [-0.1, -0.05) is 13.8 Å². The second-order valence-electron chi connectivity index (χ2n) is 5.27. The lowest BCUT2D eigenvalue weighted by Gasteiger charge is -2.32. The third-order valence-corrected chi connectivity index (χ3v) is 4.12. The second-order valence-corrected chi connectivity index (χ2v) is 5.27. The van der Waals surface area contributed by atoms with E-state index in [2.05, 4.69) is 19.2 Å². The Labute approximate surface area is 111 Å². The number of hydrogen-bond donors (Lipinski definition) is 2. The van der Waals surface area contributed by atoms with Gasteiger partial charge in [0.15, 0.2) is 0 Å². The van der Waals surface area contributed by atoms with Crippen molar-refractivity contribution in [2.24, 2.45) is 5.73 Å². The molecule has 1 fully saturated rings. The van der Waals surface area contributed by atoms with Gasteiger partial charge in [0.25, 0.3) is 0 Å². The lowest BCUT2D eigenvalue weighted by Crippen LogP contribution is -2.52.